The van der Waals surface area contributed by atoms with Crippen LogP contribution in [0.4, 0.5) is 0 Å². The van der Waals surface area contributed by atoms with Crippen LogP contribution in [0.5, 0.6) is 17.2 Å². The highest BCUT2D eigenvalue weighted by Crippen LogP contribution is 2.52. The summed E-state index contributed by atoms with van der Waals surface area (Å²) in [6.07, 6.45) is 3.43. The minimum atomic E-state index is -0.789. The van der Waals surface area contributed by atoms with Crippen molar-refractivity contribution in [3.8, 4) is 28.4 Å². The van der Waals surface area contributed by atoms with Crippen LogP contribution in [0.15, 0.2) is 114 Å². The van der Waals surface area contributed by atoms with Gasteiger partial charge in [-0.1, -0.05) is 103 Å². The van der Waals surface area contributed by atoms with Crippen LogP contribution < -0.4 is 14.2 Å². The van der Waals surface area contributed by atoms with Gasteiger partial charge >= 0.3 is 0 Å². The van der Waals surface area contributed by atoms with Gasteiger partial charge in [-0.2, -0.15) is 0 Å². The predicted octanol–water partition coefficient (Wildman–Crippen LogP) is 11.3. The highest BCUT2D eigenvalue weighted by atomic mass is 32.2. The molecule has 0 fully saturated rings. The molecule has 5 aromatic carbocycles. The second kappa shape index (κ2) is 17.1. The molecule has 0 bridgehead atoms. The fourth-order valence-electron chi connectivity index (χ4n) is 7.58. The van der Waals surface area contributed by atoms with Gasteiger partial charge in [0.2, 0.25) is 5.91 Å². The number of nitrogens with zero attached hydrogens (tertiary/aromatic N) is 2. The molecule has 8 heteroatoms. The number of unbranched alkanes of at least 4 members (excludes halogenated alkanes) is 1. The maximum atomic E-state index is 15.4. The van der Waals surface area contributed by atoms with Gasteiger partial charge in [-0.3, -0.25) is 4.79 Å². The summed E-state index contributed by atoms with van der Waals surface area (Å²) in [6, 6.07) is 37.4. The Hall–Kier alpha value is -4.79. The monoisotopic (exact) mass is 756 g/mol. The van der Waals surface area contributed by atoms with Crippen LogP contribution in [0.3, 0.4) is 0 Å². The van der Waals surface area contributed by atoms with E-state index in [1.807, 2.05) is 37.3 Å². The molecule has 0 N–H and O–H groups in total. The van der Waals surface area contributed by atoms with Crippen LogP contribution in [0.2, 0.25) is 0 Å². The molecule has 1 aliphatic rings. The molecule has 6 aromatic rings. The molecule has 0 saturated carbocycles. The van der Waals surface area contributed by atoms with Gasteiger partial charge in [-0.25, -0.2) is 4.98 Å². The average Bonchev–Trinajstić information content (AvgIpc) is 3.74. The first-order valence-corrected chi connectivity index (χ1v) is 20.7. The van der Waals surface area contributed by atoms with Crippen molar-refractivity contribution in [3.05, 3.63) is 137 Å². The van der Waals surface area contributed by atoms with E-state index in [9.17, 15) is 0 Å². The molecule has 7 rings (SSSR count). The Kier molecular flexibility index (Phi) is 11.9. The molecule has 6 nitrogen and oxygen atoms in total. The third-order valence-corrected chi connectivity index (χ3v) is 12.4. The third-order valence-electron chi connectivity index (χ3n) is 10.2. The Morgan fingerprint density at radius 1 is 0.833 bits per heavy atom. The Morgan fingerprint density at radius 2 is 1.54 bits per heavy atom. The normalized spacial score (nSPS) is 12.7. The van der Waals surface area contributed by atoms with Crippen molar-refractivity contribution < 1.29 is 19.0 Å². The van der Waals surface area contributed by atoms with Gasteiger partial charge in [0.25, 0.3) is 0 Å². The van der Waals surface area contributed by atoms with Crippen molar-refractivity contribution in [1.29, 1.82) is 0 Å². The summed E-state index contributed by atoms with van der Waals surface area (Å²) >= 11 is 3.51. The molecule has 1 aromatic heterocycles. The van der Waals surface area contributed by atoms with Gasteiger partial charge in [0.1, 0.15) is 29.3 Å². The molecular weight excluding hydrogens is 709 g/mol. The fourth-order valence-corrected chi connectivity index (χ4v) is 9.75. The number of amides is 1. The van der Waals surface area contributed by atoms with Gasteiger partial charge in [0, 0.05) is 30.5 Å². The van der Waals surface area contributed by atoms with E-state index in [4.69, 9.17) is 19.2 Å². The minimum absolute atomic E-state index is 0.146. The number of methoxy groups -OCH3 is 1. The van der Waals surface area contributed by atoms with Crippen LogP contribution in [-0.2, 0) is 23.4 Å². The van der Waals surface area contributed by atoms with Crippen LogP contribution in [-0.4, -0.2) is 41.8 Å². The molecule has 1 amide bonds. The van der Waals surface area contributed by atoms with Crippen molar-refractivity contribution in [3.63, 3.8) is 0 Å². The van der Waals surface area contributed by atoms with Crippen molar-refractivity contribution in [1.82, 2.24) is 9.88 Å². The standard InChI is InChI=1S/C46H48N2O4S2/c1-5-26-48(30-34-21-22-35(28-42(34)50-4)52-31-33-19-17-32(3)18-20-33)44(49)46(39-15-9-7-13-37(39)38-14-8-10-16-40(38)46)25-11-12-27-53-45-47-41-24-23-36(51-6-2)29-43(41)54-45/h7-10,13-24,28-29H,5-6,11-12,25-27,30-31H2,1-4H3. The molecule has 0 atom stereocenters. The predicted molar refractivity (Wildman–Crippen MR) is 222 cm³/mol. The quantitative estimate of drug-likeness (QED) is 0.0682. The second-order valence-corrected chi connectivity index (χ2v) is 16.2. The number of carbonyl (C=O) groups excluding carboxylic acids is 1. The maximum Gasteiger partial charge on any atom is 0.238 e. The maximum absolute atomic E-state index is 15.4. The van der Waals surface area contributed by atoms with Crippen LogP contribution >= 0.6 is 23.1 Å². The number of rotatable bonds is 17. The zero-order valence-corrected chi connectivity index (χ0v) is 33.2. The van der Waals surface area contributed by atoms with Crippen LogP contribution in [0, 0.1) is 6.92 Å². The summed E-state index contributed by atoms with van der Waals surface area (Å²) in [5.41, 5.74) is 8.02. The highest BCUT2D eigenvalue weighted by Gasteiger charge is 2.50. The average molecular weight is 757 g/mol. The Morgan fingerprint density at radius 3 is 2.24 bits per heavy atom. The van der Waals surface area contributed by atoms with E-state index in [1.54, 1.807) is 30.2 Å². The third kappa shape index (κ3) is 7.87. The molecule has 0 saturated heterocycles. The highest BCUT2D eigenvalue weighted by molar-refractivity contribution is 8.01. The molecule has 278 valence electrons. The van der Waals surface area contributed by atoms with Crippen molar-refractivity contribution in [2.75, 3.05) is 26.0 Å². The molecule has 54 heavy (non-hydrogen) atoms. The molecule has 1 heterocycles. The number of fused-ring (bicyclic) bond motifs is 4. The van der Waals surface area contributed by atoms with E-state index in [0.29, 0.717) is 32.1 Å². The van der Waals surface area contributed by atoms with Crippen LogP contribution in [0.1, 0.15) is 67.3 Å². The van der Waals surface area contributed by atoms with E-state index in [2.05, 4.69) is 97.6 Å². The Balaban J connectivity index is 1.12. The molecule has 0 unspecified atom stereocenters. The van der Waals surface area contributed by atoms with E-state index in [-0.39, 0.29) is 5.91 Å². The second-order valence-electron chi connectivity index (χ2n) is 13.8. The first-order chi connectivity index (χ1) is 26.4. The smallest absolute Gasteiger partial charge is 0.238 e. The number of carbonyl (C=O) groups is 1. The Labute approximate surface area is 327 Å². The van der Waals surface area contributed by atoms with Crippen molar-refractivity contribution in [2.24, 2.45) is 0 Å². The number of aryl methyl sites for hydroxylation is 1. The van der Waals surface area contributed by atoms with E-state index in [1.165, 1.54) is 5.56 Å². The van der Waals surface area contributed by atoms with Crippen molar-refractivity contribution >= 4 is 39.2 Å². The minimum Gasteiger partial charge on any atom is -0.496 e. The summed E-state index contributed by atoms with van der Waals surface area (Å²) in [6.45, 7) is 8.42. The zero-order valence-electron chi connectivity index (χ0n) is 31.6. The Bertz CT molecular complexity index is 2170. The van der Waals surface area contributed by atoms with E-state index in [0.717, 1.165) is 90.9 Å². The summed E-state index contributed by atoms with van der Waals surface area (Å²) in [7, 11) is 1.68. The SMILES string of the molecule is CCCN(Cc1ccc(OCc2ccc(C)cc2)cc1OC)C(=O)C1(CCCCSc2nc3ccc(OCC)cc3s2)c2ccccc2-c2ccccc21. The summed E-state index contributed by atoms with van der Waals surface area (Å²) < 4.78 is 20.0. The molecule has 0 radical (unpaired) electrons. The molecule has 0 aliphatic heterocycles. The van der Waals surface area contributed by atoms with Gasteiger partial charge in [-0.05, 0) is 91.3 Å². The van der Waals surface area contributed by atoms with Crippen LogP contribution in [0.25, 0.3) is 21.3 Å². The first-order valence-electron chi connectivity index (χ1n) is 18.9. The summed E-state index contributed by atoms with van der Waals surface area (Å²) in [5, 5.41) is 0. The van der Waals surface area contributed by atoms with Gasteiger partial charge in [0.05, 0.1) is 23.9 Å². The number of aromatic nitrogens is 1. The number of thioether (sulfide) groups is 1. The lowest BCUT2D eigenvalue weighted by atomic mass is 9.73. The lowest BCUT2D eigenvalue weighted by Gasteiger charge is -2.37. The largest absolute Gasteiger partial charge is 0.496 e. The van der Waals surface area contributed by atoms with E-state index < -0.39 is 5.41 Å². The molecule has 1 aliphatic carbocycles. The van der Waals surface area contributed by atoms with Gasteiger partial charge < -0.3 is 19.1 Å². The fraction of sp³-hybridized carbons (Fsp3) is 0.304. The lowest BCUT2D eigenvalue weighted by Crippen LogP contribution is -2.47. The topological polar surface area (TPSA) is 60.9 Å². The number of hydrogen-bond acceptors (Lipinski definition) is 7. The zero-order chi connectivity index (χ0) is 37.5. The van der Waals surface area contributed by atoms with Gasteiger partial charge in [-0.15, -0.1) is 11.3 Å². The first kappa shape index (κ1) is 37.5. The summed E-state index contributed by atoms with van der Waals surface area (Å²) in [5.74, 6) is 3.41. The van der Waals surface area contributed by atoms with E-state index >= 15 is 4.79 Å². The summed E-state index contributed by atoms with van der Waals surface area (Å²) in [4.78, 5) is 22.4. The van der Waals surface area contributed by atoms with Crippen molar-refractivity contribution in [2.45, 2.75) is 69.4 Å². The number of benzene rings is 5. The lowest BCUT2D eigenvalue weighted by molar-refractivity contribution is -0.136. The number of ether oxygens (including phenoxy) is 3. The molecule has 0 spiro atoms. The molecular formula is C46H48N2O4S2. The van der Waals surface area contributed by atoms with Gasteiger partial charge in [0.15, 0.2) is 4.34 Å². The number of hydrogen-bond donors (Lipinski definition) is 0. The number of thiazole rings is 1.